The van der Waals surface area contributed by atoms with Gasteiger partial charge in [0.2, 0.25) is 5.89 Å². The Labute approximate surface area is 152 Å². The van der Waals surface area contributed by atoms with Gasteiger partial charge in [-0.2, -0.15) is 5.10 Å². The normalized spacial score (nSPS) is 24.8. The third-order valence-corrected chi connectivity index (χ3v) is 5.48. The third kappa shape index (κ3) is 3.25. The third-order valence-electron chi connectivity index (χ3n) is 5.48. The van der Waals surface area contributed by atoms with Crippen LogP contribution in [0, 0.1) is 5.92 Å². The molecule has 8 nitrogen and oxygen atoms in total. The Balaban J connectivity index is 1.52. The average Bonchev–Trinajstić information content (AvgIpc) is 3.31. The lowest BCUT2D eigenvalue weighted by Gasteiger charge is -2.30. The van der Waals surface area contributed by atoms with Crippen molar-refractivity contribution in [1.82, 2.24) is 24.9 Å². The number of aromatic nitrogens is 4. The lowest BCUT2D eigenvalue weighted by Crippen LogP contribution is -2.38. The summed E-state index contributed by atoms with van der Waals surface area (Å²) in [4.78, 5) is 14.5. The molecule has 4 rings (SSSR count). The van der Waals surface area contributed by atoms with Crippen molar-refractivity contribution >= 4 is 5.91 Å². The minimum Gasteiger partial charge on any atom is -0.416 e. The number of ether oxygens (including phenoxy) is 1. The van der Waals surface area contributed by atoms with Crippen LogP contribution in [0.2, 0.25) is 0 Å². The summed E-state index contributed by atoms with van der Waals surface area (Å²) in [5, 5.41) is 12.5. The first-order valence-electron chi connectivity index (χ1n) is 9.35. The van der Waals surface area contributed by atoms with Crippen molar-refractivity contribution in [3.8, 4) is 0 Å². The second-order valence-electron chi connectivity index (χ2n) is 7.34. The topological polar surface area (TPSA) is 86.3 Å². The molecule has 4 heterocycles. The maximum absolute atomic E-state index is 12.7. The number of piperidine rings is 1. The summed E-state index contributed by atoms with van der Waals surface area (Å²) in [6, 6.07) is 1.94. The van der Waals surface area contributed by atoms with Crippen molar-refractivity contribution in [2.45, 2.75) is 44.6 Å². The first-order chi connectivity index (χ1) is 12.6. The summed E-state index contributed by atoms with van der Waals surface area (Å²) in [6.45, 7) is 4.41. The molecule has 2 atom stereocenters. The lowest BCUT2D eigenvalue weighted by atomic mass is 9.92. The Hall–Kier alpha value is -2.22. The van der Waals surface area contributed by atoms with E-state index in [9.17, 15) is 4.79 Å². The molecular formula is C18H25N5O3. The molecule has 1 amide bonds. The number of hydrogen-bond donors (Lipinski definition) is 0. The first-order valence-corrected chi connectivity index (χ1v) is 9.35. The second-order valence-corrected chi connectivity index (χ2v) is 7.34. The van der Waals surface area contributed by atoms with Crippen LogP contribution < -0.4 is 0 Å². The Morgan fingerprint density at radius 1 is 1.23 bits per heavy atom. The summed E-state index contributed by atoms with van der Waals surface area (Å²) in [5.41, 5.74) is 0.978. The Morgan fingerprint density at radius 2 is 2.04 bits per heavy atom. The van der Waals surface area contributed by atoms with E-state index in [-0.39, 0.29) is 23.8 Å². The molecule has 0 aromatic carbocycles. The lowest BCUT2D eigenvalue weighted by molar-refractivity contribution is -0.0139. The van der Waals surface area contributed by atoms with E-state index >= 15 is 0 Å². The van der Waals surface area contributed by atoms with Crippen molar-refractivity contribution < 1.29 is 13.9 Å². The fourth-order valence-corrected chi connectivity index (χ4v) is 3.81. The van der Waals surface area contributed by atoms with Crippen molar-refractivity contribution in [2.75, 3.05) is 19.7 Å². The fourth-order valence-electron chi connectivity index (χ4n) is 3.81. The zero-order valence-electron chi connectivity index (χ0n) is 15.3. The van der Waals surface area contributed by atoms with Crippen LogP contribution in [0.5, 0.6) is 0 Å². The van der Waals surface area contributed by atoms with E-state index in [1.54, 1.807) is 10.9 Å². The van der Waals surface area contributed by atoms with Gasteiger partial charge in [-0.1, -0.05) is 6.92 Å². The quantitative estimate of drug-likeness (QED) is 0.836. The number of hydrogen-bond acceptors (Lipinski definition) is 6. The number of aryl methyl sites for hydroxylation is 1. The van der Waals surface area contributed by atoms with E-state index in [0.29, 0.717) is 18.4 Å². The van der Waals surface area contributed by atoms with Gasteiger partial charge in [0.25, 0.3) is 0 Å². The number of amides is 1. The fraction of sp³-hybridized carbons (Fsp3) is 0.667. The molecular weight excluding hydrogens is 334 g/mol. The smallest absolute Gasteiger partial charge is 0.311 e. The van der Waals surface area contributed by atoms with Gasteiger partial charge in [0.05, 0.1) is 11.6 Å². The van der Waals surface area contributed by atoms with Crippen LogP contribution in [0.1, 0.15) is 66.9 Å². The van der Waals surface area contributed by atoms with Crippen LogP contribution in [0.3, 0.4) is 0 Å². The van der Waals surface area contributed by atoms with E-state index in [4.69, 9.17) is 9.15 Å². The summed E-state index contributed by atoms with van der Waals surface area (Å²) >= 11 is 0. The molecule has 0 N–H and O–H groups in total. The second kappa shape index (κ2) is 7.19. The van der Waals surface area contributed by atoms with Gasteiger partial charge in [-0.05, 0) is 37.7 Å². The number of carbonyl (C=O) groups excluding carboxylic acids is 1. The van der Waals surface area contributed by atoms with Crippen molar-refractivity contribution in [2.24, 2.45) is 13.0 Å². The van der Waals surface area contributed by atoms with Crippen LogP contribution in [0.25, 0.3) is 0 Å². The Kier molecular flexibility index (Phi) is 4.76. The first kappa shape index (κ1) is 17.2. The zero-order valence-corrected chi connectivity index (χ0v) is 15.3. The van der Waals surface area contributed by atoms with Gasteiger partial charge in [0.15, 0.2) is 0 Å². The minimum atomic E-state index is -0.185. The van der Waals surface area contributed by atoms with Crippen LogP contribution >= 0.6 is 0 Å². The highest BCUT2D eigenvalue weighted by molar-refractivity contribution is 5.89. The highest BCUT2D eigenvalue weighted by atomic mass is 16.5. The number of carbonyl (C=O) groups is 1. The highest BCUT2D eigenvalue weighted by Gasteiger charge is 2.35. The minimum absolute atomic E-state index is 0.0606. The van der Waals surface area contributed by atoms with Crippen LogP contribution in [-0.2, 0) is 11.8 Å². The molecule has 0 aliphatic carbocycles. The largest absolute Gasteiger partial charge is 0.416 e. The Bertz CT molecular complexity index is 762. The molecule has 140 valence electrons. The van der Waals surface area contributed by atoms with Gasteiger partial charge >= 0.3 is 11.8 Å². The molecule has 2 aliphatic rings. The van der Waals surface area contributed by atoms with E-state index in [0.717, 1.165) is 44.5 Å². The average molecular weight is 359 g/mol. The molecule has 0 radical (unpaired) electrons. The molecule has 8 heteroatoms. The summed E-state index contributed by atoms with van der Waals surface area (Å²) in [7, 11) is 1.89. The monoisotopic (exact) mass is 359 g/mol. The van der Waals surface area contributed by atoms with E-state index in [1.165, 1.54) is 0 Å². The van der Waals surface area contributed by atoms with Gasteiger partial charge in [0, 0.05) is 32.9 Å². The molecule has 2 aromatic rings. The van der Waals surface area contributed by atoms with Gasteiger partial charge < -0.3 is 14.1 Å². The zero-order chi connectivity index (χ0) is 18.1. The van der Waals surface area contributed by atoms with Gasteiger partial charge in [-0.25, -0.2) is 0 Å². The van der Waals surface area contributed by atoms with Gasteiger partial charge in [0.1, 0.15) is 6.10 Å². The molecule has 2 saturated heterocycles. The Morgan fingerprint density at radius 3 is 2.77 bits per heavy atom. The van der Waals surface area contributed by atoms with Gasteiger partial charge in [-0.15, -0.1) is 10.2 Å². The molecule has 26 heavy (non-hydrogen) atoms. The molecule has 0 unspecified atom stereocenters. The molecule has 2 fully saturated rings. The van der Waals surface area contributed by atoms with Crippen LogP contribution in [0.4, 0.5) is 0 Å². The standard InChI is InChI=1S/C18H25N5O3/c1-12-6-9-23(10-7-12)18(24)17-21-20-16(26-17)13-4-3-11-25-15(13)14-5-8-19-22(14)2/h5,8,12-13,15H,3-4,6-7,9-11H2,1-2H3/t13-,15-/m1/s1. The summed E-state index contributed by atoms with van der Waals surface area (Å²) in [6.07, 6.45) is 5.42. The summed E-state index contributed by atoms with van der Waals surface area (Å²) in [5.74, 6) is 1.00. The van der Waals surface area contributed by atoms with Gasteiger partial charge in [-0.3, -0.25) is 9.48 Å². The van der Waals surface area contributed by atoms with Crippen molar-refractivity contribution in [1.29, 1.82) is 0 Å². The number of likely N-dealkylation sites (tertiary alicyclic amines) is 1. The predicted molar refractivity (Wildman–Crippen MR) is 92.5 cm³/mol. The van der Waals surface area contributed by atoms with Crippen LogP contribution in [0.15, 0.2) is 16.7 Å². The molecule has 2 aromatic heterocycles. The van der Waals surface area contributed by atoms with E-state index < -0.39 is 0 Å². The number of nitrogens with zero attached hydrogens (tertiary/aromatic N) is 5. The van der Waals surface area contributed by atoms with E-state index in [2.05, 4.69) is 22.2 Å². The number of rotatable bonds is 3. The highest BCUT2D eigenvalue weighted by Crippen LogP contribution is 2.40. The molecule has 0 saturated carbocycles. The van der Waals surface area contributed by atoms with Crippen LogP contribution in [-0.4, -0.2) is 50.5 Å². The maximum atomic E-state index is 12.7. The summed E-state index contributed by atoms with van der Waals surface area (Å²) < 4.78 is 13.6. The van der Waals surface area contributed by atoms with Crippen molar-refractivity contribution in [3.05, 3.63) is 29.7 Å². The maximum Gasteiger partial charge on any atom is 0.311 e. The van der Waals surface area contributed by atoms with E-state index in [1.807, 2.05) is 18.0 Å². The van der Waals surface area contributed by atoms with Crippen molar-refractivity contribution in [3.63, 3.8) is 0 Å². The SMILES string of the molecule is CC1CCN(C(=O)c2nnc([C@@H]3CCCO[C@H]3c3ccnn3C)o2)CC1. The predicted octanol–water partition coefficient (Wildman–Crippen LogP) is 2.31. The molecule has 2 aliphatic heterocycles. The molecule has 0 spiro atoms. The molecule has 0 bridgehead atoms.